The van der Waals surface area contributed by atoms with Gasteiger partial charge in [0.15, 0.2) is 11.6 Å². The number of benzene rings is 1. The van der Waals surface area contributed by atoms with E-state index in [0.29, 0.717) is 16.8 Å². The summed E-state index contributed by atoms with van der Waals surface area (Å²) in [5.74, 6) is -0.968. The fourth-order valence-electron chi connectivity index (χ4n) is 1.37. The zero-order valence-electron chi connectivity index (χ0n) is 9.95. The van der Waals surface area contributed by atoms with Crippen LogP contribution in [0.5, 0.6) is 11.6 Å². The molecule has 2 aromatic rings. The van der Waals surface area contributed by atoms with Crippen LogP contribution in [0.4, 0.5) is 14.6 Å². The van der Waals surface area contributed by atoms with E-state index in [2.05, 4.69) is 31.2 Å². The van der Waals surface area contributed by atoms with Gasteiger partial charge in [0, 0.05) is 12.6 Å². The minimum Gasteiger partial charge on any atom is -0.438 e. The molecule has 0 saturated heterocycles. The maximum absolute atomic E-state index is 13.1. The summed E-state index contributed by atoms with van der Waals surface area (Å²) in [6, 6.07) is 3.27. The lowest BCUT2D eigenvalue weighted by atomic mass is 10.3. The SMILES string of the molecule is CCNc1ncnc(Oc2ccc(F)c(F)c2)c1Br. The first-order valence-corrected chi connectivity index (χ1v) is 6.28. The van der Waals surface area contributed by atoms with Crippen LogP contribution in [0.15, 0.2) is 29.0 Å². The molecule has 0 bridgehead atoms. The molecule has 0 saturated carbocycles. The maximum atomic E-state index is 13.1. The van der Waals surface area contributed by atoms with Crippen LogP contribution in [0.1, 0.15) is 6.92 Å². The van der Waals surface area contributed by atoms with Gasteiger partial charge >= 0.3 is 0 Å². The first-order chi connectivity index (χ1) is 9.11. The number of aromatic nitrogens is 2. The molecule has 1 aromatic carbocycles. The Balaban J connectivity index is 2.27. The van der Waals surface area contributed by atoms with Gasteiger partial charge in [-0.05, 0) is 35.0 Å². The van der Waals surface area contributed by atoms with E-state index in [1.807, 2.05) is 6.92 Å². The van der Waals surface area contributed by atoms with E-state index in [4.69, 9.17) is 4.74 Å². The zero-order valence-corrected chi connectivity index (χ0v) is 11.5. The van der Waals surface area contributed by atoms with Crippen LogP contribution >= 0.6 is 15.9 Å². The van der Waals surface area contributed by atoms with E-state index in [0.717, 1.165) is 12.1 Å². The molecule has 100 valence electrons. The third-order valence-corrected chi connectivity index (χ3v) is 2.92. The predicted molar refractivity (Wildman–Crippen MR) is 70.3 cm³/mol. The van der Waals surface area contributed by atoms with Gasteiger partial charge in [-0.15, -0.1) is 0 Å². The number of nitrogens with one attached hydrogen (secondary N) is 1. The molecule has 7 heteroatoms. The second kappa shape index (κ2) is 5.92. The van der Waals surface area contributed by atoms with Gasteiger partial charge in [0.2, 0.25) is 5.88 Å². The molecular weight excluding hydrogens is 320 g/mol. The molecular formula is C12H10BrF2N3O. The summed E-state index contributed by atoms with van der Waals surface area (Å²) in [6.45, 7) is 2.60. The molecule has 1 aromatic heterocycles. The second-order valence-electron chi connectivity index (χ2n) is 3.55. The summed E-state index contributed by atoms with van der Waals surface area (Å²) >= 11 is 3.29. The smallest absolute Gasteiger partial charge is 0.238 e. The lowest BCUT2D eigenvalue weighted by Gasteiger charge is -2.10. The monoisotopic (exact) mass is 329 g/mol. The van der Waals surface area contributed by atoms with Crippen molar-refractivity contribution in [3.05, 3.63) is 40.6 Å². The number of nitrogens with zero attached hydrogens (tertiary/aromatic N) is 2. The van der Waals surface area contributed by atoms with Crippen molar-refractivity contribution in [3.63, 3.8) is 0 Å². The average molecular weight is 330 g/mol. The predicted octanol–water partition coefficient (Wildman–Crippen LogP) is 3.74. The minimum atomic E-state index is -0.977. The van der Waals surface area contributed by atoms with E-state index in [1.54, 1.807) is 0 Å². The topological polar surface area (TPSA) is 47.0 Å². The number of rotatable bonds is 4. The van der Waals surface area contributed by atoms with Crippen molar-refractivity contribution in [1.82, 2.24) is 9.97 Å². The summed E-state index contributed by atoms with van der Waals surface area (Å²) in [7, 11) is 0. The van der Waals surface area contributed by atoms with Gasteiger partial charge in [-0.1, -0.05) is 0 Å². The number of ether oxygens (including phenoxy) is 1. The third-order valence-electron chi connectivity index (χ3n) is 2.21. The molecule has 0 spiro atoms. The van der Waals surface area contributed by atoms with Gasteiger partial charge < -0.3 is 10.1 Å². The fraction of sp³-hybridized carbons (Fsp3) is 0.167. The summed E-state index contributed by atoms with van der Waals surface area (Å²) in [5, 5.41) is 3.01. The Morgan fingerprint density at radius 1 is 1.26 bits per heavy atom. The minimum absolute atomic E-state index is 0.153. The molecule has 0 aliphatic heterocycles. The third kappa shape index (κ3) is 3.17. The van der Waals surface area contributed by atoms with Crippen molar-refractivity contribution in [2.75, 3.05) is 11.9 Å². The number of halogens is 3. The van der Waals surface area contributed by atoms with Crippen LogP contribution in [-0.2, 0) is 0 Å². The lowest BCUT2D eigenvalue weighted by molar-refractivity contribution is 0.444. The Morgan fingerprint density at radius 2 is 2.05 bits per heavy atom. The van der Waals surface area contributed by atoms with Crippen LogP contribution in [-0.4, -0.2) is 16.5 Å². The van der Waals surface area contributed by atoms with E-state index in [1.165, 1.54) is 12.4 Å². The number of hydrogen-bond acceptors (Lipinski definition) is 4. The Kier molecular flexibility index (Phi) is 4.26. The number of hydrogen-bond donors (Lipinski definition) is 1. The van der Waals surface area contributed by atoms with Gasteiger partial charge in [-0.3, -0.25) is 0 Å². The Morgan fingerprint density at radius 3 is 2.74 bits per heavy atom. The van der Waals surface area contributed by atoms with Gasteiger partial charge in [-0.25, -0.2) is 18.7 Å². The highest BCUT2D eigenvalue weighted by molar-refractivity contribution is 9.10. The molecule has 4 nitrogen and oxygen atoms in total. The normalized spacial score (nSPS) is 10.3. The Labute approximate surface area is 117 Å². The van der Waals surface area contributed by atoms with Gasteiger partial charge in [0.05, 0.1) is 0 Å². The molecule has 0 aliphatic rings. The van der Waals surface area contributed by atoms with Crippen molar-refractivity contribution >= 4 is 21.7 Å². The van der Waals surface area contributed by atoms with Crippen molar-refractivity contribution in [1.29, 1.82) is 0 Å². The van der Waals surface area contributed by atoms with Crippen LogP contribution in [0.25, 0.3) is 0 Å². The molecule has 2 rings (SSSR count). The molecule has 0 unspecified atom stereocenters. The van der Waals surface area contributed by atoms with E-state index >= 15 is 0 Å². The quantitative estimate of drug-likeness (QED) is 0.928. The number of anilines is 1. The van der Waals surface area contributed by atoms with E-state index in [9.17, 15) is 8.78 Å². The Bertz CT molecular complexity index is 595. The van der Waals surface area contributed by atoms with Gasteiger partial charge in [0.25, 0.3) is 0 Å². The molecule has 1 heterocycles. The van der Waals surface area contributed by atoms with Crippen LogP contribution in [0.2, 0.25) is 0 Å². The van der Waals surface area contributed by atoms with Gasteiger partial charge in [0.1, 0.15) is 22.4 Å². The average Bonchev–Trinajstić information content (AvgIpc) is 2.39. The van der Waals surface area contributed by atoms with E-state index < -0.39 is 11.6 Å². The van der Waals surface area contributed by atoms with Crippen molar-refractivity contribution in [2.24, 2.45) is 0 Å². The summed E-state index contributed by atoms with van der Waals surface area (Å²) in [4.78, 5) is 7.95. The maximum Gasteiger partial charge on any atom is 0.238 e. The van der Waals surface area contributed by atoms with Crippen LogP contribution in [0.3, 0.4) is 0 Å². The van der Waals surface area contributed by atoms with Crippen molar-refractivity contribution < 1.29 is 13.5 Å². The molecule has 0 amide bonds. The highest BCUT2D eigenvalue weighted by atomic mass is 79.9. The first-order valence-electron chi connectivity index (χ1n) is 5.49. The van der Waals surface area contributed by atoms with Gasteiger partial charge in [-0.2, -0.15) is 0 Å². The molecule has 0 atom stereocenters. The molecule has 0 fully saturated rings. The van der Waals surface area contributed by atoms with Crippen molar-refractivity contribution in [3.8, 4) is 11.6 Å². The summed E-state index contributed by atoms with van der Waals surface area (Å²) in [6.07, 6.45) is 1.32. The fourth-order valence-corrected chi connectivity index (χ4v) is 1.79. The highest BCUT2D eigenvalue weighted by Crippen LogP contribution is 2.32. The summed E-state index contributed by atoms with van der Waals surface area (Å²) in [5.41, 5.74) is 0. The summed E-state index contributed by atoms with van der Waals surface area (Å²) < 4.78 is 31.8. The first kappa shape index (κ1) is 13.7. The zero-order chi connectivity index (χ0) is 13.8. The van der Waals surface area contributed by atoms with E-state index in [-0.39, 0.29) is 11.6 Å². The second-order valence-corrected chi connectivity index (χ2v) is 4.34. The Hall–Kier alpha value is -1.76. The standard InChI is InChI=1S/C12H10BrF2N3O/c1-2-16-11-10(13)12(18-6-17-11)19-7-3-4-8(14)9(15)5-7/h3-6H,2H2,1H3,(H,16,17,18). The molecule has 0 aliphatic carbocycles. The molecule has 0 radical (unpaired) electrons. The van der Waals surface area contributed by atoms with Crippen LogP contribution in [0, 0.1) is 11.6 Å². The molecule has 1 N–H and O–H groups in total. The van der Waals surface area contributed by atoms with Crippen LogP contribution < -0.4 is 10.1 Å². The lowest BCUT2D eigenvalue weighted by Crippen LogP contribution is -2.02. The van der Waals surface area contributed by atoms with Crippen molar-refractivity contribution in [2.45, 2.75) is 6.92 Å². The highest BCUT2D eigenvalue weighted by Gasteiger charge is 2.11. The largest absolute Gasteiger partial charge is 0.438 e. The molecule has 19 heavy (non-hydrogen) atoms.